The highest BCUT2D eigenvalue weighted by Gasteiger charge is 2.35. The first-order chi connectivity index (χ1) is 7.63. The number of aliphatic hydroxyl groups is 1. The van der Waals surface area contributed by atoms with Crippen LogP contribution in [0.4, 0.5) is 5.69 Å². The standard InChI is InChI=1S/C14H19NO/c1-3-4-9-14(2,16)13-10-11-7-5-6-8-12(11)15-13/h3,5-8,13,15-16H,1,4,9-10H2,2H3. The van der Waals surface area contributed by atoms with Crippen LogP contribution in [0.2, 0.25) is 0 Å². The highest BCUT2D eigenvalue weighted by molar-refractivity contribution is 5.57. The zero-order valence-electron chi connectivity index (χ0n) is 9.74. The van der Waals surface area contributed by atoms with Crippen molar-refractivity contribution in [2.24, 2.45) is 0 Å². The third-order valence-electron chi connectivity index (χ3n) is 3.38. The summed E-state index contributed by atoms with van der Waals surface area (Å²) in [5, 5.41) is 13.8. The average Bonchev–Trinajstić information content (AvgIpc) is 2.71. The van der Waals surface area contributed by atoms with E-state index in [0.717, 1.165) is 24.9 Å². The van der Waals surface area contributed by atoms with Gasteiger partial charge in [0, 0.05) is 5.69 Å². The van der Waals surface area contributed by atoms with Crippen molar-refractivity contribution in [3.8, 4) is 0 Å². The molecule has 0 fully saturated rings. The van der Waals surface area contributed by atoms with Gasteiger partial charge in [-0.25, -0.2) is 0 Å². The number of benzene rings is 1. The van der Waals surface area contributed by atoms with Crippen molar-refractivity contribution in [1.82, 2.24) is 0 Å². The molecular formula is C14H19NO. The summed E-state index contributed by atoms with van der Waals surface area (Å²) in [6, 6.07) is 8.36. The summed E-state index contributed by atoms with van der Waals surface area (Å²) >= 11 is 0. The number of hydrogen-bond donors (Lipinski definition) is 2. The number of allylic oxidation sites excluding steroid dienone is 1. The van der Waals surface area contributed by atoms with Crippen LogP contribution >= 0.6 is 0 Å². The normalized spacial score (nSPS) is 22.0. The molecule has 0 amide bonds. The fraction of sp³-hybridized carbons (Fsp3) is 0.429. The first-order valence-electron chi connectivity index (χ1n) is 5.81. The second-order valence-corrected chi connectivity index (χ2v) is 4.74. The summed E-state index contributed by atoms with van der Waals surface area (Å²) in [4.78, 5) is 0. The Hall–Kier alpha value is -1.28. The van der Waals surface area contributed by atoms with Gasteiger partial charge in [0.05, 0.1) is 11.6 Å². The number of fused-ring (bicyclic) bond motifs is 1. The van der Waals surface area contributed by atoms with Gasteiger partial charge in [-0.2, -0.15) is 0 Å². The number of rotatable bonds is 4. The predicted octanol–water partition coefficient (Wildman–Crippen LogP) is 2.74. The second-order valence-electron chi connectivity index (χ2n) is 4.74. The van der Waals surface area contributed by atoms with Crippen molar-refractivity contribution in [2.75, 3.05) is 5.32 Å². The second kappa shape index (κ2) is 4.30. The fourth-order valence-corrected chi connectivity index (χ4v) is 2.24. The van der Waals surface area contributed by atoms with E-state index in [1.54, 1.807) is 0 Å². The lowest BCUT2D eigenvalue weighted by atomic mass is 9.89. The van der Waals surface area contributed by atoms with Gasteiger partial charge in [0.15, 0.2) is 0 Å². The topological polar surface area (TPSA) is 32.3 Å². The van der Waals surface area contributed by atoms with Gasteiger partial charge in [0.25, 0.3) is 0 Å². The molecule has 1 aromatic rings. The Morgan fingerprint density at radius 3 is 3.00 bits per heavy atom. The first-order valence-corrected chi connectivity index (χ1v) is 5.81. The van der Waals surface area contributed by atoms with Gasteiger partial charge in [-0.3, -0.25) is 0 Å². The molecule has 0 spiro atoms. The third kappa shape index (κ3) is 2.12. The summed E-state index contributed by atoms with van der Waals surface area (Å²) in [7, 11) is 0. The minimum absolute atomic E-state index is 0.116. The Labute approximate surface area is 97.0 Å². The average molecular weight is 217 g/mol. The van der Waals surface area contributed by atoms with Gasteiger partial charge in [-0.15, -0.1) is 6.58 Å². The van der Waals surface area contributed by atoms with E-state index in [4.69, 9.17) is 0 Å². The van der Waals surface area contributed by atoms with Gasteiger partial charge in [-0.05, 0) is 37.8 Å². The van der Waals surface area contributed by atoms with Crippen LogP contribution in [0.5, 0.6) is 0 Å². The highest BCUT2D eigenvalue weighted by Crippen LogP contribution is 2.32. The van der Waals surface area contributed by atoms with Crippen molar-refractivity contribution in [3.63, 3.8) is 0 Å². The maximum absolute atomic E-state index is 10.4. The Kier molecular flexibility index (Phi) is 3.01. The zero-order chi connectivity index (χ0) is 11.6. The monoisotopic (exact) mass is 217 g/mol. The summed E-state index contributed by atoms with van der Waals surface area (Å²) < 4.78 is 0. The van der Waals surface area contributed by atoms with Crippen LogP contribution in [-0.4, -0.2) is 16.7 Å². The van der Waals surface area contributed by atoms with Crippen molar-refractivity contribution >= 4 is 5.69 Å². The molecule has 1 aliphatic rings. The Morgan fingerprint density at radius 1 is 1.56 bits per heavy atom. The van der Waals surface area contributed by atoms with E-state index < -0.39 is 5.60 Å². The number of nitrogens with one attached hydrogen (secondary N) is 1. The Bertz CT molecular complexity index is 359. The molecule has 0 saturated heterocycles. The van der Waals surface area contributed by atoms with Crippen LogP contribution in [0.15, 0.2) is 36.9 Å². The molecule has 1 aromatic carbocycles. The molecule has 0 saturated carbocycles. The summed E-state index contributed by atoms with van der Waals surface area (Å²) in [5.41, 5.74) is 1.78. The van der Waals surface area contributed by atoms with E-state index in [1.165, 1.54) is 5.56 Å². The maximum Gasteiger partial charge on any atom is 0.0826 e. The lowest BCUT2D eigenvalue weighted by Gasteiger charge is -2.30. The van der Waals surface area contributed by atoms with Crippen LogP contribution in [0.25, 0.3) is 0 Å². The smallest absolute Gasteiger partial charge is 0.0826 e. The van der Waals surface area contributed by atoms with Crippen LogP contribution in [0.1, 0.15) is 25.3 Å². The largest absolute Gasteiger partial charge is 0.388 e. The third-order valence-corrected chi connectivity index (χ3v) is 3.38. The molecule has 2 N–H and O–H groups in total. The highest BCUT2D eigenvalue weighted by atomic mass is 16.3. The summed E-state index contributed by atoms with van der Waals surface area (Å²) in [5.74, 6) is 0. The molecule has 2 nitrogen and oxygen atoms in total. The van der Waals surface area contributed by atoms with Gasteiger partial charge in [0.2, 0.25) is 0 Å². The lowest BCUT2D eigenvalue weighted by Crippen LogP contribution is -2.43. The van der Waals surface area contributed by atoms with Crippen molar-refractivity contribution < 1.29 is 5.11 Å². The molecule has 1 heterocycles. The Balaban J connectivity index is 2.07. The van der Waals surface area contributed by atoms with E-state index in [1.807, 2.05) is 25.1 Å². The van der Waals surface area contributed by atoms with Gasteiger partial charge in [0.1, 0.15) is 0 Å². The number of anilines is 1. The van der Waals surface area contributed by atoms with E-state index in [0.29, 0.717) is 0 Å². The quantitative estimate of drug-likeness (QED) is 0.760. The summed E-state index contributed by atoms with van der Waals surface area (Å²) in [6.07, 6.45) is 4.36. The van der Waals surface area contributed by atoms with Crippen LogP contribution in [-0.2, 0) is 6.42 Å². The molecule has 2 atom stereocenters. The van der Waals surface area contributed by atoms with Crippen molar-refractivity contribution in [1.29, 1.82) is 0 Å². The number of para-hydroxylation sites is 1. The minimum atomic E-state index is -0.673. The minimum Gasteiger partial charge on any atom is -0.388 e. The van der Waals surface area contributed by atoms with Crippen LogP contribution < -0.4 is 5.32 Å². The first kappa shape index (κ1) is 11.2. The predicted molar refractivity (Wildman–Crippen MR) is 67.6 cm³/mol. The van der Waals surface area contributed by atoms with Crippen LogP contribution in [0.3, 0.4) is 0 Å². The molecule has 0 aliphatic carbocycles. The van der Waals surface area contributed by atoms with Gasteiger partial charge in [-0.1, -0.05) is 24.3 Å². The van der Waals surface area contributed by atoms with Crippen molar-refractivity contribution in [2.45, 2.75) is 37.8 Å². The van der Waals surface area contributed by atoms with Gasteiger partial charge >= 0.3 is 0 Å². The Morgan fingerprint density at radius 2 is 2.31 bits per heavy atom. The SMILES string of the molecule is C=CCCC(C)(O)C1Cc2ccccc2N1. The van der Waals surface area contributed by atoms with Crippen molar-refractivity contribution in [3.05, 3.63) is 42.5 Å². The molecule has 2 heteroatoms. The van der Waals surface area contributed by atoms with E-state index in [2.05, 4.69) is 24.0 Å². The molecule has 0 radical (unpaired) electrons. The van der Waals surface area contributed by atoms with E-state index >= 15 is 0 Å². The zero-order valence-corrected chi connectivity index (χ0v) is 9.74. The molecule has 0 bridgehead atoms. The maximum atomic E-state index is 10.4. The number of hydrogen-bond acceptors (Lipinski definition) is 2. The molecule has 0 aromatic heterocycles. The molecule has 86 valence electrons. The molecule has 2 rings (SSSR count). The summed E-state index contributed by atoms with van der Waals surface area (Å²) in [6.45, 7) is 5.60. The fourth-order valence-electron chi connectivity index (χ4n) is 2.24. The van der Waals surface area contributed by atoms with E-state index in [-0.39, 0.29) is 6.04 Å². The molecule has 2 unspecified atom stereocenters. The lowest BCUT2D eigenvalue weighted by molar-refractivity contribution is 0.0339. The van der Waals surface area contributed by atoms with Gasteiger partial charge < -0.3 is 10.4 Å². The molecule has 1 aliphatic heterocycles. The van der Waals surface area contributed by atoms with E-state index in [9.17, 15) is 5.11 Å². The molecular weight excluding hydrogens is 198 g/mol. The molecule has 16 heavy (non-hydrogen) atoms. The van der Waals surface area contributed by atoms with Crippen LogP contribution in [0, 0.1) is 0 Å².